The first-order valence-electron chi connectivity index (χ1n) is 8.42. The molecule has 2 rings (SSSR count). The van der Waals surface area contributed by atoms with Crippen molar-refractivity contribution < 1.29 is 9.59 Å². The maximum Gasteiger partial charge on any atom is 0.318 e. The average Bonchev–Trinajstić information content (AvgIpc) is 3.12. The van der Waals surface area contributed by atoms with E-state index in [0.29, 0.717) is 5.92 Å². The highest BCUT2D eigenvalue weighted by molar-refractivity contribution is 7.10. The monoisotopic (exact) mass is 359 g/mol. The summed E-state index contributed by atoms with van der Waals surface area (Å²) in [5.74, 6) is 0.0766. The predicted octanol–water partition coefficient (Wildman–Crippen LogP) is 3.52. The number of amides is 3. The van der Waals surface area contributed by atoms with Gasteiger partial charge in [0, 0.05) is 4.88 Å². The maximum atomic E-state index is 12.0. The molecule has 0 aliphatic carbocycles. The van der Waals surface area contributed by atoms with Gasteiger partial charge in [-0.15, -0.1) is 11.3 Å². The van der Waals surface area contributed by atoms with Gasteiger partial charge in [-0.3, -0.25) is 15.4 Å². The van der Waals surface area contributed by atoms with Crippen molar-refractivity contribution in [2.24, 2.45) is 5.73 Å². The quantitative estimate of drug-likeness (QED) is 0.707. The smallest absolute Gasteiger partial charge is 0.318 e. The number of rotatable bonds is 7. The predicted molar refractivity (Wildman–Crippen MR) is 102 cm³/mol. The van der Waals surface area contributed by atoms with Gasteiger partial charge < -0.3 is 5.73 Å². The maximum absolute atomic E-state index is 12.0. The Morgan fingerprint density at radius 1 is 1.12 bits per heavy atom. The third kappa shape index (κ3) is 5.14. The van der Waals surface area contributed by atoms with Crippen LogP contribution in [0.1, 0.15) is 55.2 Å². The lowest BCUT2D eigenvalue weighted by molar-refractivity contribution is -0.121. The second-order valence-electron chi connectivity index (χ2n) is 6.17. The molecule has 3 amide bonds. The number of hydrogen-bond donors (Lipinski definition) is 3. The number of benzene rings is 1. The molecule has 25 heavy (non-hydrogen) atoms. The first kappa shape index (κ1) is 19.1. The summed E-state index contributed by atoms with van der Waals surface area (Å²) in [6.07, 6.45) is 1.09. The lowest BCUT2D eigenvalue weighted by Gasteiger charge is -2.23. The number of carbonyl (C=O) groups is 2. The van der Waals surface area contributed by atoms with Crippen LogP contribution in [0.15, 0.2) is 41.8 Å². The zero-order valence-electron chi connectivity index (χ0n) is 14.8. The fourth-order valence-corrected chi connectivity index (χ4v) is 3.42. The van der Waals surface area contributed by atoms with Gasteiger partial charge in [0.1, 0.15) is 0 Å². The molecular weight excluding hydrogens is 334 g/mol. The summed E-state index contributed by atoms with van der Waals surface area (Å²) in [6.45, 7) is 6.10. The molecule has 0 saturated heterocycles. The molecule has 0 bridgehead atoms. The Labute approximate surface area is 152 Å². The van der Waals surface area contributed by atoms with Gasteiger partial charge in [0.15, 0.2) is 0 Å². The van der Waals surface area contributed by atoms with Gasteiger partial charge in [-0.25, -0.2) is 4.79 Å². The Morgan fingerprint density at radius 2 is 1.76 bits per heavy atom. The molecule has 0 radical (unpaired) electrons. The van der Waals surface area contributed by atoms with Crippen LogP contribution in [0.5, 0.6) is 0 Å². The molecule has 0 saturated carbocycles. The van der Waals surface area contributed by atoms with E-state index in [1.54, 1.807) is 18.3 Å². The number of thiophene rings is 1. The molecule has 0 aliphatic heterocycles. The van der Waals surface area contributed by atoms with Crippen molar-refractivity contribution in [1.29, 1.82) is 0 Å². The Balaban J connectivity index is 2.22. The molecule has 3 atom stereocenters. The van der Waals surface area contributed by atoms with Crippen molar-refractivity contribution >= 4 is 23.3 Å². The van der Waals surface area contributed by atoms with Gasteiger partial charge in [-0.2, -0.15) is 0 Å². The summed E-state index contributed by atoms with van der Waals surface area (Å²) in [7, 11) is 0. The van der Waals surface area contributed by atoms with Gasteiger partial charge in [0.05, 0.1) is 12.1 Å². The first-order valence-corrected chi connectivity index (χ1v) is 9.30. The summed E-state index contributed by atoms with van der Waals surface area (Å²) in [5, 5.41) is 7.42. The van der Waals surface area contributed by atoms with E-state index in [2.05, 4.69) is 48.7 Å². The minimum Gasteiger partial charge on any atom is -0.351 e. The van der Waals surface area contributed by atoms with Crippen LogP contribution in [-0.2, 0) is 4.79 Å². The van der Waals surface area contributed by atoms with Crippen LogP contribution in [0, 0.1) is 0 Å². The van der Waals surface area contributed by atoms with Gasteiger partial charge in [0.25, 0.3) is 0 Å². The summed E-state index contributed by atoms with van der Waals surface area (Å²) >= 11 is 1.62. The molecule has 0 aliphatic rings. The topological polar surface area (TPSA) is 84.2 Å². The van der Waals surface area contributed by atoms with Gasteiger partial charge in [0.2, 0.25) is 5.91 Å². The third-order valence-electron chi connectivity index (χ3n) is 4.34. The number of primary amides is 1. The largest absolute Gasteiger partial charge is 0.351 e. The van der Waals surface area contributed by atoms with Crippen LogP contribution in [0.4, 0.5) is 4.79 Å². The van der Waals surface area contributed by atoms with Crippen molar-refractivity contribution in [2.75, 3.05) is 0 Å². The number of nitrogens with two attached hydrogens (primary N) is 1. The summed E-state index contributed by atoms with van der Waals surface area (Å²) in [6, 6.07) is 11.0. The standard InChI is InChI=1S/C19H25N3O2S/c1-4-12(2)14-7-9-15(10-8-14)17(16-6-5-11-25-16)21-13(3)18(23)22-19(20)24/h5-13,17,21H,4H2,1-3H3,(H3,20,22,23,24)/t12-,13-,17-/m0/s1. The van der Waals surface area contributed by atoms with Gasteiger partial charge >= 0.3 is 6.03 Å². The van der Waals surface area contributed by atoms with Crippen LogP contribution in [0.2, 0.25) is 0 Å². The molecule has 6 heteroatoms. The van der Waals surface area contributed by atoms with E-state index in [-0.39, 0.29) is 6.04 Å². The summed E-state index contributed by atoms with van der Waals surface area (Å²) < 4.78 is 0. The fraction of sp³-hybridized carbons (Fsp3) is 0.368. The number of hydrogen-bond acceptors (Lipinski definition) is 4. The first-order chi connectivity index (χ1) is 11.9. The van der Waals surface area contributed by atoms with E-state index in [9.17, 15) is 9.59 Å². The highest BCUT2D eigenvalue weighted by atomic mass is 32.1. The minimum absolute atomic E-state index is 0.125. The third-order valence-corrected chi connectivity index (χ3v) is 5.27. The van der Waals surface area contributed by atoms with Crippen LogP contribution < -0.4 is 16.4 Å². The molecule has 2 aromatic rings. The molecule has 134 valence electrons. The van der Waals surface area contributed by atoms with Crippen molar-refractivity contribution in [2.45, 2.75) is 45.2 Å². The van der Waals surface area contributed by atoms with Crippen molar-refractivity contribution in [1.82, 2.24) is 10.6 Å². The Hall–Kier alpha value is -2.18. The minimum atomic E-state index is -0.843. The van der Waals surface area contributed by atoms with Crippen molar-refractivity contribution in [3.05, 3.63) is 57.8 Å². The number of imide groups is 1. The zero-order chi connectivity index (χ0) is 18.4. The molecule has 4 N–H and O–H groups in total. The van der Waals surface area contributed by atoms with E-state index in [4.69, 9.17) is 5.73 Å². The van der Waals surface area contributed by atoms with E-state index in [1.165, 1.54) is 5.56 Å². The van der Waals surface area contributed by atoms with Crippen molar-refractivity contribution in [3.8, 4) is 0 Å². The zero-order valence-corrected chi connectivity index (χ0v) is 15.6. The second-order valence-corrected chi connectivity index (χ2v) is 7.15. The van der Waals surface area contributed by atoms with Crippen LogP contribution in [0.25, 0.3) is 0 Å². The Morgan fingerprint density at radius 3 is 2.28 bits per heavy atom. The van der Waals surface area contributed by atoms with E-state index >= 15 is 0 Å². The van der Waals surface area contributed by atoms with E-state index in [1.807, 2.05) is 17.5 Å². The molecule has 1 aromatic heterocycles. The van der Waals surface area contributed by atoms with Crippen LogP contribution >= 0.6 is 11.3 Å². The molecule has 0 fully saturated rings. The summed E-state index contributed by atoms with van der Waals surface area (Å²) in [4.78, 5) is 24.0. The second kappa shape index (κ2) is 8.78. The number of nitrogens with one attached hydrogen (secondary N) is 2. The molecule has 1 heterocycles. The van der Waals surface area contributed by atoms with Crippen molar-refractivity contribution in [3.63, 3.8) is 0 Å². The molecule has 1 aromatic carbocycles. The van der Waals surface area contributed by atoms with E-state index in [0.717, 1.165) is 16.9 Å². The SMILES string of the molecule is CC[C@H](C)c1ccc([C@H](N[C@@H](C)C(=O)NC(N)=O)c2cccs2)cc1. The lowest BCUT2D eigenvalue weighted by Crippen LogP contribution is -2.47. The molecule has 0 spiro atoms. The van der Waals surface area contributed by atoms with Crippen LogP contribution in [0.3, 0.4) is 0 Å². The average molecular weight is 359 g/mol. The molecule has 5 nitrogen and oxygen atoms in total. The molecule has 0 unspecified atom stereocenters. The normalized spacial score (nSPS) is 14.5. The summed E-state index contributed by atoms with van der Waals surface area (Å²) in [5.41, 5.74) is 7.41. The van der Waals surface area contributed by atoms with Crippen LogP contribution in [-0.4, -0.2) is 18.0 Å². The van der Waals surface area contributed by atoms with Gasteiger partial charge in [-0.1, -0.05) is 44.2 Å². The number of urea groups is 1. The Kier molecular flexibility index (Phi) is 6.73. The fourth-order valence-electron chi connectivity index (χ4n) is 2.61. The highest BCUT2D eigenvalue weighted by Gasteiger charge is 2.22. The van der Waals surface area contributed by atoms with E-state index < -0.39 is 18.0 Å². The Bertz CT molecular complexity index is 698. The van der Waals surface area contributed by atoms with Gasteiger partial charge in [-0.05, 0) is 41.8 Å². The highest BCUT2D eigenvalue weighted by Crippen LogP contribution is 2.28. The lowest BCUT2D eigenvalue weighted by atomic mass is 9.95. The molecular formula is C19H25N3O2S. The number of carbonyl (C=O) groups excluding carboxylic acids is 2.